The van der Waals surface area contributed by atoms with Crippen LogP contribution in [0.1, 0.15) is 64.1 Å². The Labute approximate surface area is 220 Å². The number of aryl methyl sites for hydroxylation is 2. The number of fused-ring (bicyclic) bond motifs is 1. The van der Waals surface area contributed by atoms with Crippen molar-refractivity contribution in [3.63, 3.8) is 0 Å². The smallest absolute Gasteiger partial charge is 0.371 e. The second-order valence-electron chi connectivity index (χ2n) is 9.92. The van der Waals surface area contributed by atoms with Crippen LogP contribution in [-0.4, -0.2) is 28.4 Å². The zero-order valence-corrected chi connectivity index (χ0v) is 21.6. The highest BCUT2D eigenvalue weighted by Gasteiger charge is 2.30. The Bertz CT molecular complexity index is 1420. The molecule has 1 N–H and O–H groups in total. The Morgan fingerprint density at radius 1 is 1.03 bits per heavy atom. The number of hydrogen-bond donors (Lipinski definition) is 1. The number of alkyl halides is 3. The monoisotopic (exact) mass is 520 g/mol. The lowest BCUT2D eigenvalue weighted by molar-refractivity contribution is -0.137. The molecule has 5 nitrogen and oxygen atoms in total. The van der Waals surface area contributed by atoms with E-state index in [9.17, 15) is 18.0 Å². The molecule has 5 rings (SSSR count). The lowest BCUT2D eigenvalue weighted by Crippen LogP contribution is -2.32. The minimum Gasteiger partial charge on any atom is -0.371 e. The maximum atomic E-state index is 13.1. The Hall–Kier alpha value is -3.81. The van der Waals surface area contributed by atoms with Crippen molar-refractivity contribution in [2.75, 3.05) is 18.0 Å². The van der Waals surface area contributed by atoms with Crippen molar-refractivity contribution in [1.29, 1.82) is 0 Å². The van der Waals surface area contributed by atoms with Crippen molar-refractivity contribution >= 4 is 17.2 Å². The summed E-state index contributed by atoms with van der Waals surface area (Å²) >= 11 is 0. The van der Waals surface area contributed by atoms with Crippen LogP contribution in [0.2, 0.25) is 0 Å². The summed E-state index contributed by atoms with van der Waals surface area (Å²) in [6.45, 7) is 6.10. The molecule has 1 aliphatic rings. The Morgan fingerprint density at radius 3 is 2.34 bits per heavy atom. The quantitative estimate of drug-likeness (QED) is 0.314. The summed E-state index contributed by atoms with van der Waals surface area (Å²) in [7, 11) is 0. The van der Waals surface area contributed by atoms with Gasteiger partial charge in [-0.3, -0.25) is 9.20 Å². The van der Waals surface area contributed by atoms with Crippen molar-refractivity contribution in [2.24, 2.45) is 0 Å². The third kappa shape index (κ3) is 5.39. The van der Waals surface area contributed by atoms with Gasteiger partial charge in [-0.05, 0) is 85.2 Å². The normalized spacial score (nSPS) is 14.7. The van der Waals surface area contributed by atoms with E-state index in [0.29, 0.717) is 18.7 Å². The topological polar surface area (TPSA) is 49.6 Å². The number of nitrogens with zero attached hydrogens (tertiary/aromatic N) is 3. The first-order valence-electron chi connectivity index (χ1n) is 13.0. The molecular weight excluding hydrogens is 489 g/mol. The standard InChI is InChI=1S/C30H31F3N4O/c1-3-26-28(37-17-12-20(2)18-27(37)35-26)29(38)34-19-21-4-10-25(11-5-21)36-15-13-23(14-16-36)22-6-8-24(9-7-22)30(31,32)33/h4-12,17-18,23H,3,13-16,19H2,1-2H3,(H,34,38). The highest BCUT2D eigenvalue weighted by Crippen LogP contribution is 2.34. The molecule has 1 aliphatic heterocycles. The number of piperidine rings is 1. The number of anilines is 1. The van der Waals surface area contributed by atoms with Gasteiger partial charge in [-0.2, -0.15) is 13.2 Å². The Morgan fingerprint density at radius 2 is 1.71 bits per heavy atom. The summed E-state index contributed by atoms with van der Waals surface area (Å²) in [6, 6.07) is 17.7. The number of carbonyl (C=O) groups excluding carboxylic acids is 1. The number of imidazole rings is 1. The van der Waals surface area contributed by atoms with Gasteiger partial charge in [0.1, 0.15) is 11.3 Å². The van der Waals surface area contributed by atoms with Crippen LogP contribution in [0.3, 0.4) is 0 Å². The van der Waals surface area contributed by atoms with Crippen LogP contribution in [0.5, 0.6) is 0 Å². The molecule has 4 aromatic rings. The fourth-order valence-corrected chi connectivity index (χ4v) is 5.19. The summed E-state index contributed by atoms with van der Waals surface area (Å²) < 4.78 is 40.4. The number of hydrogen-bond acceptors (Lipinski definition) is 3. The van der Waals surface area contributed by atoms with E-state index >= 15 is 0 Å². The van der Waals surface area contributed by atoms with E-state index in [1.165, 1.54) is 12.1 Å². The van der Waals surface area contributed by atoms with Crippen LogP contribution < -0.4 is 10.2 Å². The van der Waals surface area contributed by atoms with Gasteiger partial charge in [-0.25, -0.2) is 4.98 Å². The number of halogens is 3. The maximum absolute atomic E-state index is 13.1. The summed E-state index contributed by atoms with van der Waals surface area (Å²) in [4.78, 5) is 20.0. The van der Waals surface area contributed by atoms with E-state index in [1.807, 2.05) is 48.7 Å². The molecule has 0 spiro atoms. The lowest BCUT2D eigenvalue weighted by Gasteiger charge is -2.34. The Balaban J connectivity index is 1.17. The molecule has 198 valence electrons. The molecule has 2 aromatic heterocycles. The molecule has 3 heterocycles. The largest absolute Gasteiger partial charge is 0.416 e. The van der Waals surface area contributed by atoms with E-state index in [-0.39, 0.29) is 11.8 Å². The minimum absolute atomic E-state index is 0.146. The summed E-state index contributed by atoms with van der Waals surface area (Å²) in [5.74, 6) is 0.118. The van der Waals surface area contributed by atoms with Crippen LogP contribution in [0.15, 0.2) is 66.9 Å². The molecule has 38 heavy (non-hydrogen) atoms. The van der Waals surface area contributed by atoms with Crippen molar-refractivity contribution < 1.29 is 18.0 Å². The molecular formula is C30H31F3N4O. The van der Waals surface area contributed by atoms with Crippen LogP contribution in [-0.2, 0) is 19.1 Å². The van der Waals surface area contributed by atoms with Crippen LogP contribution in [0.4, 0.5) is 18.9 Å². The maximum Gasteiger partial charge on any atom is 0.416 e. The molecule has 0 saturated carbocycles. The predicted octanol–water partition coefficient (Wildman–Crippen LogP) is 6.54. The third-order valence-corrected chi connectivity index (χ3v) is 7.36. The average molecular weight is 521 g/mol. The van der Waals surface area contributed by atoms with Crippen LogP contribution >= 0.6 is 0 Å². The second-order valence-corrected chi connectivity index (χ2v) is 9.92. The fraction of sp³-hybridized carbons (Fsp3) is 0.333. The Kier molecular flexibility index (Phi) is 7.15. The molecule has 1 fully saturated rings. The third-order valence-electron chi connectivity index (χ3n) is 7.36. The van der Waals surface area contributed by atoms with E-state index in [2.05, 4.69) is 27.3 Å². The van der Waals surface area contributed by atoms with Gasteiger partial charge in [0.05, 0.1) is 11.3 Å². The van der Waals surface area contributed by atoms with E-state index in [0.717, 1.165) is 59.7 Å². The first kappa shape index (κ1) is 25.8. The first-order chi connectivity index (χ1) is 18.2. The highest BCUT2D eigenvalue weighted by atomic mass is 19.4. The van der Waals surface area contributed by atoms with E-state index in [1.54, 1.807) is 12.1 Å². The molecule has 0 radical (unpaired) electrons. The SMILES string of the molecule is CCc1nc2cc(C)ccn2c1C(=O)NCc1ccc(N2CCC(c3ccc(C(F)(F)F)cc3)CC2)cc1. The van der Waals surface area contributed by atoms with Gasteiger partial charge in [0, 0.05) is 31.5 Å². The summed E-state index contributed by atoms with van der Waals surface area (Å²) in [5.41, 5.74) is 5.71. The molecule has 1 saturated heterocycles. The van der Waals surface area contributed by atoms with E-state index in [4.69, 9.17) is 0 Å². The zero-order chi connectivity index (χ0) is 26.9. The van der Waals surface area contributed by atoms with Crippen LogP contribution in [0, 0.1) is 6.92 Å². The molecule has 0 aliphatic carbocycles. The number of carbonyl (C=O) groups is 1. The van der Waals surface area contributed by atoms with Gasteiger partial charge in [0.25, 0.3) is 5.91 Å². The van der Waals surface area contributed by atoms with Gasteiger partial charge in [-0.15, -0.1) is 0 Å². The molecule has 0 bridgehead atoms. The lowest BCUT2D eigenvalue weighted by atomic mass is 9.88. The zero-order valence-electron chi connectivity index (χ0n) is 21.6. The summed E-state index contributed by atoms with van der Waals surface area (Å²) in [5, 5.41) is 3.04. The number of nitrogens with one attached hydrogen (secondary N) is 1. The number of benzene rings is 2. The molecule has 0 unspecified atom stereocenters. The highest BCUT2D eigenvalue weighted by molar-refractivity contribution is 5.94. The fourth-order valence-electron chi connectivity index (χ4n) is 5.19. The van der Waals surface area contributed by atoms with Gasteiger partial charge in [0.2, 0.25) is 0 Å². The second kappa shape index (κ2) is 10.5. The number of amides is 1. The van der Waals surface area contributed by atoms with Crippen molar-refractivity contribution in [1.82, 2.24) is 14.7 Å². The number of pyridine rings is 1. The van der Waals surface area contributed by atoms with Crippen molar-refractivity contribution in [2.45, 2.75) is 51.7 Å². The van der Waals surface area contributed by atoms with Gasteiger partial charge in [0.15, 0.2) is 0 Å². The van der Waals surface area contributed by atoms with Crippen LogP contribution in [0.25, 0.3) is 5.65 Å². The predicted molar refractivity (Wildman–Crippen MR) is 143 cm³/mol. The molecule has 8 heteroatoms. The molecule has 1 amide bonds. The number of rotatable bonds is 6. The van der Waals surface area contributed by atoms with E-state index < -0.39 is 11.7 Å². The average Bonchev–Trinajstić information content (AvgIpc) is 3.29. The van der Waals surface area contributed by atoms with Gasteiger partial charge in [-0.1, -0.05) is 31.2 Å². The minimum atomic E-state index is -4.30. The summed E-state index contributed by atoms with van der Waals surface area (Å²) in [6.07, 6.45) is 0.0427. The van der Waals surface area contributed by atoms with Gasteiger partial charge >= 0.3 is 6.18 Å². The number of aromatic nitrogens is 2. The molecule has 0 atom stereocenters. The first-order valence-corrected chi connectivity index (χ1v) is 13.0. The van der Waals surface area contributed by atoms with Gasteiger partial charge < -0.3 is 10.2 Å². The van der Waals surface area contributed by atoms with Crippen molar-refractivity contribution in [3.8, 4) is 0 Å². The molecule has 2 aromatic carbocycles. The van der Waals surface area contributed by atoms with Crippen molar-refractivity contribution in [3.05, 3.63) is 101 Å².